The molecule has 0 aliphatic rings. The molecule has 0 atom stereocenters. The fourth-order valence-electron chi connectivity index (χ4n) is 2.78. The van der Waals surface area contributed by atoms with E-state index in [1.807, 2.05) is 24.3 Å². The maximum absolute atomic E-state index is 5.71. The first-order chi connectivity index (χ1) is 11.3. The molecule has 0 saturated carbocycles. The molecule has 0 fully saturated rings. The van der Waals surface area contributed by atoms with Crippen LogP contribution in [0.4, 0.5) is 5.69 Å². The quantitative estimate of drug-likeness (QED) is 0.276. The van der Waals surface area contributed by atoms with E-state index in [0.717, 1.165) is 16.8 Å². The molecule has 23 heavy (non-hydrogen) atoms. The largest absolute Gasteiger partial charge is 0.399 e. The van der Waals surface area contributed by atoms with Crippen LogP contribution in [0, 0.1) is 11.8 Å². The van der Waals surface area contributed by atoms with Crippen molar-refractivity contribution in [2.75, 3.05) is 5.73 Å². The highest BCUT2D eigenvalue weighted by molar-refractivity contribution is 6.00. The molecule has 2 N–H and O–H groups in total. The summed E-state index contributed by atoms with van der Waals surface area (Å²) in [5, 5.41) is 4.90. The molecule has 0 heterocycles. The Bertz CT molecular complexity index is 1060. The zero-order chi connectivity index (χ0) is 15.6. The zero-order valence-corrected chi connectivity index (χ0v) is 12.6. The summed E-state index contributed by atoms with van der Waals surface area (Å²) >= 11 is 0. The Kier molecular flexibility index (Phi) is 3.22. The maximum Gasteiger partial charge on any atom is 0.0327 e. The van der Waals surface area contributed by atoms with Gasteiger partial charge in [-0.15, -0.1) is 0 Å². The molecule has 4 aromatic carbocycles. The van der Waals surface area contributed by atoms with Crippen LogP contribution in [0.5, 0.6) is 0 Å². The number of anilines is 1. The second-order valence-corrected chi connectivity index (χ2v) is 5.60. The van der Waals surface area contributed by atoms with Gasteiger partial charge < -0.3 is 5.73 Å². The highest BCUT2D eigenvalue weighted by atomic mass is 14.5. The molecule has 0 saturated heterocycles. The average molecular weight is 293 g/mol. The molecule has 1 heteroatoms. The molecule has 0 radical (unpaired) electrons. The number of hydrogen-bond acceptors (Lipinski definition) is 1. The Morgan fingerprint density at radius 1 is 0.609 bits per heavy atom. The molecule has 0 bridgehead atoms. The summed E-state index contributed by atoms with van der Waals surface area (Å²) in [5.74, 6) is 6.52. The van der Waals surface area contributed by atoms with Crippen molar-refractivity contribution >= 4 is 27.2 Å². The number of nitrogens with two attached hydrogens (primary N) is 1. The fourth-order valence-corrected chi connectivity index (χ4v) is 2.78. The van der Waals surface area contributed by atoms with Crippen LogP contribution in [0.1, 0.15) is 11.1 Å². The number of hydrogen-bond donors (Lipinski definition) is 1. The third-order valence-corrected chi connectivity index (χ3v) is 4.00. The van der Waals surface area contributed by atoms with Gasteiger partial charge in [-0.1, -0.05) is 48.2 Å². The van der Waals surface area contributed by atoms with Gasteiger partial charge in [0.15, 0.2) is 0 Å². The van der Waals surface area contributed by atoms with Crippen molar-refractivity contribution in [2.24, 2.45) is 0 Å². The van der Waals surface area contributed by atoms with E-state index in [1.165, 1.54) is 21.5 Å². The fraction of sp³-hybridized carbons (Fsp3) is 0. The molecule has 0 aliphatic carbocycles. The zero-order valence-electron chi connectivity index (χ0n) is 12.6. The molecule has 0 spiro atoms. The van der Waals surface area contributed by atoms with Gasteiger partial charge in [-0.2, -0.15) is 0 Å². The maximum atomic E-state index is 5.71. The van der Waals surface area contributed by atoms with E-state index in [4.69, 9.17) is 5.73 Å². The SMILES string of the molecule is Nc1ccc(C#Cc2cccc3cc4ccccc4cc23)cc1. The van der Waals surface area contributed by atoms with Crippen LogP contribution in [0.25, 0.3) is 21.5 Å². The Labute approximate surface area is 135 Å². The van der Waals surface area contributed by atoms with Crippen molar-refractivity contribution in [2.45, 2.75) is 0 Å². The molecule has 108 valence electrons. The minimum Gasteiger partial charge on any atom is -0.399 e. The standard InChI is InChI=1S/C22H15N/c23-21-12-9-16(10-13-21)8-11-17-6-3-7-20-14-18-4-1-2-5-19(18)15-22(17)20/h1-7,9-10,12-15H,23H2. The molecular weight excluding hydrogens is 278 g/mol. The van der Waals surface area contributed by atoms with E-state index in [2.05, 4.69) is 66.4 Å². The normalized spacial score (nSPS) is 10.4. The highest BCUT2D eigenvalue weighted by Gasteiger charge is 2.01. The summed E-state index contributed by atoms with van der Waals surface area (Å²) in [4.78, 5) is 0. The Hall–Kier alpha value is -3.24. The number of benzene rings is 4. The molecule has 4 rings (SSSR count). The van der Waals surface area contributed by atoms with Gasteiger partial charge in [0.25, 0.3) is 0 Å². The smallest absolute Gasteiger partial charge is 0.0327 e. The summed E-state index contributed by atoms with van der Waals surface area (Å²) < 4.78 is 0. The van der Waals surface area contributed by atoms with Crippen molar-refractivity contribution in [1.82, 2.24) is 0 Å². The van der Waals surface area contributed by atoms with Crippen LogP contribution >= 0.6 is 0 Å². The molecule has 0 aliphatic heterocycles. The van der Waals surface area contributed by atoms with Gasteiger partial charge in [-0.25, -0.2) is 0 Å². The van der Waals surface area contributed by atoms with Gasteiger partial charge in [-0.3, -0.25) is 0 Å². The van der Waals surface area contributed by atoms with Gasteiger partial charge in [-0.05, 0) is 64.0 Å². The van der Waals surface area contributed by atoms with Crippen LogP contribution in [-0.4, -0.2) is 0 Å². The van der Waals surface area contributed by atoms with Crippen LogP contribution in [0.15, 0.2) is 78.9 Å². The average Bonchev–Trinajstić information content (AvgIpc) is 2.59. The highest BCUT2D eigenvalue weighted by Crippen LogP contribution is 2.25. The van der Waals surface area contributed by atoms with Crippen LogP contribution in [-0.2, 0) is 0 Å². The van der Waals surface area contributed by atoms with E-state index in [0.29, 0.717) is 0 Å². The second-order valence-electron chi connectivity index (χ2n) is 5.60. The van der Waals surface area contributed by atoms with Gasteiger partial charge >= 0.3 is 0 Å². The minimum atomic E-state index is 0.757. The first-order valence-electron chi connectivity index (χ1n) is 7.59. The van der Waals surface area contributed by atoms with E-state index in [1.54, 1.807) is 0 Å². The summed E-state index contributed by atoms with van der Waals surface area (Å²) in [5.41, 5.74) is 8.49. The van der Waals surface area contributed by atoms with Crippen molar-refractivity contribution in [3.05, 3.63) is 90.0 Å². The van der Waals surface area contributed by atoms with Crippen molar-refractivity contribution < 1.29 is 0 Å². The molecule has 4 aromatic rings. The lowest BCUT2D eigenvalue weighted by Crippen LogP contribution is -1.84. The Balaban J connectivity index is 1.87. The van der Waals surface area contributed by atoms with Crippen molar-refractivity contribution in [3.8, 4) is 11.8 Å². The predicted octanol–water partition coefficient (Wildman–Crippen LogP) is 4.98. The predicted molar refractivity (Wildman–Crippen MR) is 98.3 cm³/mol. The van der Waals surface area contributed by atoms with E-state index in [9.17, 15) is 0 Å². The topological polar surface area (TPSA) is 26.0 Å². The van der Waals surface area contributed by atoms with Crippen LogP contribution in [0.3, 0.4) is 0 Å². The summed E-state index contributed by atoms with van der Waals surface area (Å²) in [6, 6.07) is 26.8. The molecule has 0 unspecified atom stereocenters. The molecule has 0 aromatic heterocycles. The van der Waals surface area contributed by atoms with Crippen molar-refractivity contribution in [3.63, 3.8) is 0 Å². The van der Waals surface area contributed by atoms with Gasteiger partial charge in [0.2, 0.25) is 0 Å². The molecule has 0 amide bonds. The second kappa shape index (κ2) is 5.51. The molecule has 1 nitrogen and oxygen atoms in total. The lowest BCUT2D eigenvalue weighted by Gasteiger charge is -2.04. The lowest BCUT2D eigenvalue weighted by atomic mass is 10.00. The Morgan fingerprint density at radius 2 is 1.30 bits per heavy atom. The number of fused-ring (bicyclic) bond motifs is 2. The van der Waals surface area contributed by atoms with Gasteiger partial charge in [0.1, 0.15) is 0 Å². The van der Waals surface area contributed by atoms with E-state index in [-0.39, 0.29) is 0 Å². The monoisotopic (exact) mass is 293 g/mol. The van der Waals surface area contributed by atoms with Crippen molar-refractivity contribution in [1.29, 1.82) is 0 Å². The van der Waals surface area contributed by atoms with E-state index >= 15 is 0 Å². The summed E-state index contributed by atoms with van der Waals surface area (Å²) in [7, 11) is 0. The third-order valence-electron chi connectivity index (χ3n) is 4.00. The summed E-state index contributed by atoms with van der Waals surface area (Å²) in [6.07, 6.45) is 0. The first kappa shape index (κ1) is 13.4. The third kappa shape index (κ3) is 2.63. The number of nitrogen functional groups attached to an aromatic ring is 1. The van der Waals surface area contributed by atoms with E-state index < -0.39 is 0 Å². The Morgan fingerprint density at radius 3 is 2.09 bits per heavy atom. The van der Waals surface area contributed by atoms with Crippen LogP contribution in [0.2, 0.25) is 0 Å². The first-order valence-corrected chi connectivity index (χ1v) is 7.59. The summed E-state index contributed by atoms with van der Waals surface area (Å²) in [6.45, 7) is 0. The van der Waals surface area contributed by atoms with Gasteiger partial charge in [0.05, 0.1) is 0 Å². The number of rotatable bonds is 0. The minimum absolute atomic E-state index is 0.757. The lowest BCUT2D eigenvalue weighted by molar-refractivity contribution is 1.63. The van der Waals surface area contributed by atoms with Crippen LogP contribution < -0.4 is 5.73 Å². The van der Waals surface area contributed by atoms with Gasteiger partial charge in [0, 0.05) is 16.8 Å². The molecular formula is C22H15N.